The largest absolute Gasteiger partial charge is 0.454 e. The van der Waals surface area contributed by atoms with Crippen molar-refractivity contribution in [2.24, 2.45) is 4.99 Å². The highest BCUT2D eigenvalue weighted by Crippen LogP contribution is 2.34. The van der Waals surface area contributed by atoms with Gasteiger partial charge >= 0.3 is 0 Å². The minimum Gasteiger partial charge on any atom is -0.454 e. The molecule has 0 atom stereocenters. The number of rotatable bonds is 5. The van der Waals surface area contributed by atoms with Crippen LogP contribution < -0.4 is 19.7 Å². The number of fused-ring (bicyclic) bond motifs is 1. The molecule has 0 bridgehead atoms. The number of aryl methyl sites for hydroxylation is 3. The lowest BCUT2D eigenvalue weighted by atomic mass is 10.1. The number of anilines is 2. The summed E-state index contributed by atoms with van der Waals surface area (Å²) in [6.45, 7) is 6.10. The van der Waals surface area contributed by atoms with Crippen LogP contribution in [0.4, 0.5) is 11.4 Å². The zero-order chi connectivity index (χ0) is 25.2. The Kier molecular flexibility index (Phi) is 6.52. The molecule has 2 heterocycles. The van der Waals surface area contributed by atoms with Gasteiger partial charge in [0, 0.05) is 5.69 Å². The lowest BCUT2D eigenvalue weighted by Crippen LogP contribution is -2.31. The van der Waals surface area contributed by atoms with Crippen molar-refractivity contribution in [3.8, 4) is 11.5 Å². The molecule has 3 aromatic carbocycles. The van der Waals surface area contributed by atoms with Gasteiger partial charge in [-0.25, -0.2) is 4.99 Å². The van der Waals surface area contributed by atoms with Gasteiger partial charge < -0.3 is 14.8 Å². The highest BCUT2D eigenvalue weighted by Gasteiger charge is 2.32. The van der Waals surface area contributed by atoms with Crippen LogP contribution in [0.5, 0.6) is 11.5 Å². The van der Waals surface area contributed by atoms with Gasteiger partial charge in [0.05, 0.1) is 11.4 Å². The molecule has 5 rings (SSSR count). The van der Waals surface area contributed by atoms with E-state index in [4.69, 9.17) is 9.47 Å². The third-order valence-electron chi connectivity index (χ3n) is 5.82. The van der Waals surface area contributed by atoms with Gasteiger partial charge in [-0.2, -0.15) is 0 Å². The molecule has 0 radical (unpaired) electrons. The topological polar surface area (TPSA) is 80.2 Å². The Hall–Kier alpha value is -4.04. The van der Waals surface area contributed by atoms with Crippen LogP contribution in [0.3, 0.4) is 0 Å². The van der Waals surface area contributed by atoms with Crippen LogP contribution >= 0.6 is 11.8 Å². The van der Waals surface area contributed by atoms with E-state index in [0.29, 0.717) is 22.4 Å². The molecule has 0 saturated carbocycles. The van der Waals surface area contributed by atoms with Crippen LogP contribution in [0.15, 0.2) is 71.4 Å². The van der Waals surface area contributed by atoms with E-state index in [1.165, 1.54) is 11.8 Å². The summed E-state index contributed by atoms with van der Waals surface area (Å²) in [5, 5.41) is 3.42. The fourth-order valence-corrected chi connectivity index (χ4v) is 4.68. The molecule has 0 spiro atoms. The molecule has 2 aliphatic heterocycles. The van der Waals surface area contributed by atoms with Crippen LogP contribution in [-0.2, 0) is 9.59 Å². The lowest BCUT2D eigenvalue weighted by Gasteiger charge is -2.18. The smallest absolute Gasteiger partial charge is 0.283 e. The standard InChI is InChI=1S/C28H25N3O4S/c1-17-5-9-21(10-6-17)31-27(33)23(13-20-8-11-24-25(14-20)35-16-34-24)30-28(31)36-15-26(32)29-22-12-18(2)4-7-19(22)3/h4-14H,15-16H2,1-3H3,(H,29,32)/b23-13+. The quantitative estimate of drug-likeness (QED) is 0.472. The van der Waals surface area contributed by atoms with Gasteiger partial charge in [0.2, 0.25) is 12.7 Å². The first kappa shape index (κ1) is 23.7. The number of hydrogen-bond donors (Lipinski definition) is 1. The Morgan fingerprint density at radius 3 is 2.56 bits per heavy atom. The molecule has 2 aliphatic rings. The van der Waals surface area contributed by atoms with Crippen LogP contribution in [0.2, 0.25) is 0 Å². The molecule has 0 saturated heterocycles. The van der Waals surface area contributed by atoms with Crippen LogP contribution in [-0.4, -0.2) is 29.5 Å². The second-order valence-corrected chi connectivity index (χ2v) is 9.61. The first-order valence-electron chi connectivity index (χ1n) is 11.5. The highest BCUT2D eigenvalue weighted by atomic mass is 32.2. The first-order valence-corrected chi connectivity index (χ1v) is 12.5. The molecule has 2 amide bonds. The zero-order valence-corrected chi connectivity index (χ0v) is 21.0. The molecule has 3 aromatic rings. The van der Waals surface area contributed by atoms with Gasteiger partial charge in [0.1, 0.15) is 5.70 Å². The third-order valence-corrected chi connectivity index (χ3v) is 6.76. The van der Waals surface area contributed by atoms with E-state index in [-0.39, 0.29) is 30.1 Å². The minimum atomic E-state index is -0.256. The van der Waals surface area contributed by atoms with E-state index in [2.05, 4.69) is 10.3 Å². The molecule has 0 fully saturated rings. The second kappa shape index (κ2) is 9.91. The predicted octanol–water partition coefficient (Wildman–Crippen LogP) is 5.46. The maximum Gasteiger partial charge on any atom is 0.283 e. The van der Waals surface area contributed by atoms with Crippen molar-refractivity contribution in [2.45, 2.75) is 20.8 Å². The van der Waals surface area contributed by atoms with E-state index in [0.717, 1.165) is 27.9 Å². The number of ether oxygens (including phenoxy) is 2. The Morgan fingerprint density at radius 2 is 1.75 bits per heavy atom. The number of aliphatic imine (C=N–C) groups is 1. The molecule has 36 heavy (non-hydrogen) atoms. The number of nitrogens with one attached hydrogen (secondary N) is 1. The molecule has 7 nitrogen and oxygen atoms in total. The fraction of sp³-hybridized carbons (Fsp3) is 0.179. The predicted molar refractivity (Wildman–Crippen MR) is 144 cm³/mol. The second-order valence-electron chi connectivity index (χ2n) is 8.67. The van der Waals surface area contributed by atoms with Crippen LogP contribution in [0, 0.1) is 20.8 Å². The Bertz CT molecular complexity index is 1410. The highest BCUT2D eigenvalue weighted by molar-refractivity contribution is 8.14. The summed E-state index contributed by atoms with van der Waals surface area (Å²) in [6, 6.07) is 19.0. The number of amides is 2. The van der Waals surface area contributed by atoms with Crippen molar-refractivity contribution in [3.63, 3.8) is 0 Å². The SMILES string of the molecule is Cc1ccc(N2C(=O)/C(=C\c3ccc4c(c3)OCO4)N=C2SCC(=O)Nc2cc(C)ccc2C)cc1. The maximum absolute atomic E-state index is 13.4. The molecule has 0 aliphatic carbocycles. The number of thioether (sulfide) groups is 1. The summed E-state index contributed by atoms with van der Waals surface area (Å²) in [7, 11) is 0. The summed E-state index contributed by atoms with van der Waals surface area (Å²) in [6.07, 6.45) is 1.72. The zero-order valence-electron chi connectivity index (χ0n) is 20.2. The summed E-state index contributed by atoms with van der Waals surface area (Å²) >= 11 is 1.22. The summed E-state index contributed by atoms with van der Waals surface area (Å²) in [5.41, 5.74) is 5.67. The Labute approximate surface area is 213 Å². The molecule has 1 N–H and O–H groups in total. The number of carbonyl (C=O) groups is 2. The number of carbonyl (C=O) groups excluding carboxylic acids is 2. The van der Waals surface area contributed by atoms with E-state index in [1.54, 1.807) is 11.0 Å². The molecule has 182 valence electrons. The van der Waals surface area contributed by atoms with Crippen molar-refractivity contribution in [3.05, 3.63) is 88.6 Å². The van der Waals surface area contributed by atoms with Gasteiger partial charge in [-0.15, -0.1) is 0 Å². The average molecular weight is 500 g/mol. The monoisotopic (exact) mass is 499 g/mol. The van der Waals surface area contributed by atoms with Crippen molar-refractivity contribution in [1.29, 1.82) is 0 Å². The third kappa shape index (κ3) is 4.99. The number of nitrogens with zero attached hydrogens (tertiary/aromatic N) is 2. The van der Waals surface area contributed by atoms with Gasteiger partial charge in [-0.1, -0.05) is 47.7 Å². The van der Waals surface area contributed by atoms with Gasteiger partial charge in [-0.3, -0.25) is 14.5 Å². The molecule has 0 aromatic heterocycles. The van der Waals surface area contributed by atoms with Crippen molar-refractivity contribution < 1.29 is 19.1 Å². The molecular formula is C28H25N3O4S. The molecule has 8 heteroatoms. The van der Waals surface area contributed by atoms with Crippen LogP contribution in [0.1, 0.15) is 22.3 Å². The molecular weight excluding hydrogens is 474 g/mol. The number of benzene rings is 3. The van der Waals surface area contributed by atoms with Crippen molar-refractivity contribution in [1.82, 2.24) is 0 Å². The number of hydrogen-bond acceptors (Lipinski definition) is 6. The maximum atomic E-state index is 13.4. The van der Waals surface area contributed by atoms with E-state index < -0.39 is 0 Å². The summed E-state index contributed by atoms with van der Waals surface area (Å²) in [4.78, 5) is 32.3. The van der Waals surface area contributed by atoms with Crippen molar-refractivity contribution >= 4 is 46.2 Å². The molecule has 0 unspecified atom stereocenters. The normalized spacial score (nSPS) is 15.4. The Morgan fingerprint density at radius 1 is 1.00 bits per heavy atom. The minimum absolute atomic E-state index is 0.110. The summed E-state index contributed by atoms with van der Waals surface area (Å²) < 4.78 is 10.8. The van der Waals surface area contributed by atoms with E-state index in [9.17, 15) is 9.59 Å². The van der Waals surface area contributed by atoms with Crippen molar-refractivity contribution in [2.75, 3.05) is 22.8 Å². The average Bonchev–Trinajstić information content (AvgIpc) is 3.45. The fourth-order valence-electron chi connectivity index (χ4n) is 3.86. The van der Waals surface area contributed by atoms with Crippen LogP contribution in [0.25, 0.3) is 6.08 Å². The number of amidine groups is 1. The van der Waals surface area contributed by atoms with Gasteiger partial charge in [0.25, 0.3) is 5.91 Å². The van der Waals surface area contributed by atoms with Gasteiger partial charge in [0.15, 0.2) is 16.7 Å². The lowest BCUT2D eigenvalue weighted by molar-refractivity contribution is -0.114. The van der Waals surface area contributed by atoms with E-state index in [1.807, 2.05) is 81.4 Å². The summed E-state index contributed by atoms with van der Waals surface area (Å²) in [5.74, 6) is 0.992. The Balaban J connectivity index is 1.39. The van der Waals surface area contributed by atoms with Gasteiger partial charge in [-0.05, 0) is 73.9 Å². The first-order chi connectivity index (χ1) is 17.4. The van der Waals surface area contributed by atoms with E-state index >= 15 is 0 Å².